The van der Waals surface area contributed by atoms with Crippen molar-refractivity contribution in [3.63, 3.8) is 0 Å². The van der Waals surface area contributed by atoms with E-state index in [-0.39, 0.29) is 22.9 Å². The Morgan fingerprint density at radius 3 is 2.68 bits per heavy atom. The van der Waals surface area contributed by atoms with Gasteiger partial charge in [0.15, 0.2) is 11.6 Å². The van der Waals surface area contributed by atoms with Gasteiger partial charge in [0.25, 0.3) is 0 Å². The molecule has 0 saturated heterocycles. The van der Waals surface area contributed by atoms with E-state index in [1.165, 1.54) is 6.20 Å². The van der Waals surface area contributed by atoms with Crippen molar-refractivity contribution >= 4 is 16.9 Å². The van der Waals surface area contributed by atoms with E-state index in [1.807, 2.05) is 45.0 Å². The molecule has 158 valence electrons. The molecule has 1 N–H and O–H groups in total. The summed E-state index contributed by atoms with van der Waals surface area (Å²) in [5, 5.41) is 10.3. The van der Waals surface area contributed by atoms with Crippen molar-refractivity contribution in [2.45, 2.75) is 33.2 Å². The fourth-order valence-electron chi connectivity index (χ4n) is 4.44. The number of carboxylic acids is 1. The number of fused-ring (bicyclic) bond motifs is 5. The van der Waals surface area contributed by atoms with Crippen LogP contribution < -0.4 is 5.43 Å². The Bertz CT molecular complexity index is 1400. The van der Waals surface area contributed by atoms with Crippen LogP contribution in [0.2, 0.25) is 0 Å². The number of benzene rings is 1. The summed E-state index contributed by atoms with van der Waals surface area (Å²) < 4.78 is 28.3. The zero-order chi connectivity index (χ0) is 22.1. The van der Waals surface area contributed by atoms with Crippen LogP contribution >= 0.6 is 0 Å². The predicted molar refractivity (Wildman–Crippen MR) is 113 cm³/mol. The number of aromatic nitrogens is 1. The summed E-state index contributed by atoms with van der Waals surface area (Å²) in [6.07, 6.45) is 4.92. The third kappa shape index (κ3) is 2.76. The summed E-state index contributed by atoms with van der Waals surface area (Å²) in [4.78, 5) is 24.1. The molecular weight excluding hydrogens is 401 g/mol. The van der Waals surface area contributed by atoms with Gasteiger partial charge in [-0.1, -0.05) is 39.0 Å². The highest BCUT2D eigenvalue weighted by molar-refractivity contribution is 5.98. The Labute approximate surface area is 176 Å². The maximum Gasteiger partial charge on any atom is 0.341 e. The first-order valence-electron chi connectivity index (χ1n) is 9.93. The second kappa shape index (κ2) is 6.44. The molecule has 0 saturated carbocycles. The first kappa shape index (κ1) is 19.4. The van der Waals surface area contributed by atoms with E-state index in [0.29, 0.717) is 12.0 Å². The van der Waals surface area contributed by atoms with Crippen LogP contribution in [0.4, 0.5) is 4.39 Å². The molecule has 1 unspecified atom stereocenters. The SMILES string of the molecule is CC(C)(C)C1Cc2c(oc3c(-c4ccoc4)cccc23)-c2c(F)c(=O)c(C(=O)O)cn21. The fourth-order valence-corrected chi connectivity index (χ4v) is 4.44. The molecule has 4 aromatic rings. The fraction of sp³-hybridized carbons (Fsp3) is 0.250. The molecule has 0 amide bonds. The Morgan fingerprint density at radius 1 is 1.26 bits per heavy atom. The minimum atomic E-state index is -1.45. The third-order valence-corrected chi connectivity index (χ3v) is 6.01. The number of aromatic carboxylic acids is 1. The van der Waals surface area contributed by atoms with Gasteiger partial charge < -0.3 is 18.5 Å². The number of carboxylic acid groups (broad SMARTS) is 1. The van der Waals surface area contributed by atoms with E-state index >= 15 is 4.39 Å². The van der Waals surface area contributed by atoms with Crippen molar-refractivity contribution in [2.24, 2.45) is 5.41 Å². The second-order valence-electron chi connectivity index (χ2n) is 8.94. The number of hydrogen-bond donors (Lipinski definition) is 1. The first-order chi connectivity index (χ1) is 14.7. The van der Waals surface area contributed by atoms with Gasteiger partial charge in [-0.05, 0) is 17.9 Å². The number of pyridine rings is 1. The molecule has 3 aromatic heterocycles. The van der Waals surface area contributed by atoms with Gasteiger partial charge in [-0.25, -0.2) is 9.18 Å². The molecule has 1 aliphatic rings. The van der Waals surface area contributed by atoms with Crippen LogP contribution in [0.5, 0.6) is 0 Å². The second-order valence-corrected chi connectivity index (χ2v) is 8.94. The molecule has 5 rings (SSSR count). The van der Waals surface area contributed by atoms with E-state index in [0.717, 1.165) is 22.1 Å². The minimum Gasteiger partial charge on any atom is -0.477 e. The number of carbonyl (C=O) groups is 1. The number of furan rings is 2. The molecular formula is C24H20FNO5. The number of hydrogen-bond acceptors (Lipinski definition) is 4. The molecule has 0 bridgehead atoms. The Hall–Kier alpha value is -3.61. The largest absolute Gasteiger partial charge is 0.477 e. The number of rotatable bonds is 2. The van der Waals surface area contributed by atoms with Crippen LogP contribution in [0, 0.1) is 11.2 Å². The minimum absolute atomic E-state index is 0.00878. The normalized spacial score (nSPS) is 15.7. The van der Waals surface area contributed by atoms with E-state index in [1.54, 1.807) is 17.1 Å². The quantitative estimate of drug-likeness (QED) is 0.462. The molecule has 4 heterocycles. The Morgan fingerprint density at radius 2 is 2.03 bits per heavy atom. The molecule has 0 radical (unpaired) electrons. The molecule has 0 spiro atoms. The van der Waals surface area contributed by atoms with Gasteiger partial charge in [0, 0.05) is 34.3 Å². The summed E-state index contributed by atoms with van der Waals surface area (Å²) >= 11 is 0. The predicted octanol–water partition coefficient (Wildman–Crippen LogP) is 5.50. The Balaban J connectivity index is 1.88. The van der Waals surface area contributed by atoms with Gasteiger partial charge in [0.2, 0.25) is 5.43 Å². The summed E-state index contributed by atoms with van der Waals surface area (Å²) in [5.74, 6) is -2.30. The topological polar surface area (TPSA) is 85.6 Å². The van der Waals surface area contributed by atoms with E-state index in [2.05, 4.69) is 0 Å². The van der Waals surface area contributed by atoms with Crippen molar-refractivity contribution < 1.29 is 23.1 Å². The smallest absolute Gasteiger partial charge is 0.341 e. The summed E-state index contributed by atoms with van der Waals surface area (Å²) in [7, 11) is 0. The summed E-state index contributed by atoms with van der Waals surface area (Å²) in [5.41, 5.74) is 0.919. The molecule has 1 atom stereocenters. The van der Waals surface area contributed by atoms with E-state index in [4.69, 9.17) is 8.83 Å². The van der Waals surface area contributed by atoms with E-state index in [9.17, 15) is 14.7 Å². The Kier molecular flexibility index (Phi) is 4.02. The van der Waals surface area contributed by atoms with Gasteiger partial charge >= 0.3 is 5.97 Å². The highest BCUT2D eigenvalue weighted by atomic mass is 19.1. The number of nitrogens with zero attached hydrogens (tertiary/aromatic N) is 1. The average Bonchev–Trinajstić information content (AvgIpc) is 3.36. The first-order valence-corrected chi connectivity index (χ1v) is 9.93. The van der Waals surface area contributed by atoms with Crippen LogP contribution in [0.1, 0.15) is 42.7 Å². The monoisotopic (exact) mass is 421 g/mol. The van der Waals surface area contributed by atoms with E-state index < -0.39 is 22.8 Å². The molecule has 6 nitrogen and oxygen atoms in total. The maximum atomic E-state index is 15.4. The van der Waals surface area contributed by atoms with Crippen molar-refractivity contribution in [1.82, 2.24) is 4.57 Å². The van der Waals surface area contributed by atoms with Crippen LogP contribution in [0.25, 0.3) is 33.6 Å². The molecule has 1 aromatic carbocycles. The van der Waals surface area contributed by atoms with Gasteiger partial charge in [-0.15, -0.1) is 0 Å². The van der Waals surface area contributed by atoms with Gasteiger partial charge in [-0.3, -0.25) is 4.79 Å². The molecule has 0 aliphatic carbocycles. The van der Waals surface area contributed by atoms with Crippen LogP contribution in [0.3, 0.4) is 0 Å². The highest BCUT2D eigenvalue weighted by Crippen LogP contribution is 2.48. The lowest BCUT2D eigenvalue weighted by Gasteiger charge is -2.37. The van der Waals surface area contributed by atoms with Gasteiger partial charge in [0.05, 0.1) is 12.5 Å². The lowest BCUT2D eigenvalue weighted by atomic mass is 9.79. The van der Waals surface area contributed by atoms with Crippen LogP contribution in [-0.4, -0.2) is 15.6 Å². The molecule has 7 heteroatoms. The van der Waals surface area contributed by atoms with Crippen molar-refractivity contribution in [3.05, 3.63) is 70.2 Å². The zero-order valence-electron chi connectivity index (χ0n) is 17.2. The highest BCUT2D eigenvalue weighted by Gasteiger charge is 2.38. The van der Waals surface area contributed by atoms with Crippen molar-refractivity contribution in [2.75, 3.05) is 0 Å². The number of halogens is 1. The lowest BCUT2D eigenvalue weighted by molar-refractivity contribution is 0.0692. The van der Waals surface area contributed by atoms with Crippen molar-refractivity contribution in [1.29, 1.82) is 0 Å². The molecule has 1 aliphatic heterocycles. The summed E-state index contributed by atoms with van der Waals surface area (Å²) in [6.45, 7) is 6.01. The van der Waals surface area contributed by atoms with Crippen molar-refractivity contribution in [3.8, 4) is 22.6 Å². The standard InChI is InChI=1S/C24H20FNO5/c1-24(2,3)17-9-15-14-6-4-5-13(12-7-8-30-11-12)21(14)31-22(15)19-18(25)20(27)16(23(28)29)10-26(17)19/h4-8,10-11,17H,9H2,1-3H3,(H,28,29). The zero-order valence-corrected chi connectivity index (χ0v) is 17.2. The van der Waals surface area contributed by atoms with Crippen LogP contribution in [0.15, 0.2) is 56.6 Å². The average molecular weight is 421 g/mol. The van der Waals surface area contributed by atoms with Gasteiger partial charge in [0.1, 0.15) is 16.8 Å². The lowest BCUT2D eigenvalue weighted by Crippen LogP contribution is -2.34. The number of para-hydroxylation sites is 1. The molecule has 31 heavy (non-hydrogen) atoms. The summed E-state index contributed by atoms with van der Waals surface area (Å²) in [6, 6.07) is 7.24. The maximum absolute atomic E-state index is 15.4. The van der Waals surface area contributed by atoms with Crippen LogP contribution in [-0.2, 0) is 6.42 Å². The third-order valence-electron chi connectivity index (χ3n) is 6.01. The van der Waals surface area contributed by atoms with Gasteiger partial charge in [-0.2, -0.15) is 0 Å². The molecule has 0 fully saturated rings.